The summed E-state index contributed by atoms with van der Waals surface area (Å²) in [5.74, 6) is 0.167. The summed E-state index contributed by atoms with van der Waals surface area (Å²) in [5, 5.41) is 8.24. The first-order valence-electron chi connectivity index (χ1n) is 7.92. The Morgan fingerprint density at radius 1 is 1.25 bits per heavy atom. The van der Waals surface area contributed by atoms with Gasteiger partial charge in [-0.05, 0) is 24.4 Å². The van der Waals surface area contributed by atoms with Gasteiger partial charge < -0.3 is 11.1 Å². The van der Waals surface area contributed by atoms with Crippen LogP contribution in [-0.2, 0) is 6.54 Å². The van der Waals surface area contributed by atoms with E-state index in [1.807, 2.05) is 20.8 Å². The van der Waals surface area contributed by atoms with Gasteiger partial charge in [-0.25, -0.2) is 4.68 Å². The molecule has 0 aliphatic carbocycles. The summed E-state index contributed by atoms with van der Waals surface area (Å²) < 4.78 is 1.38. The average Bonchev–Trinajstić information content (AvgIpc) is 2.54. The standard InChI is InChI=1S/C17H24N4O2.ClH/c1-11(2)10-21-17(23)14-7-5-4-6-13(14)15(20-21)16(22)19-9-12(3)8-18;/h4-7,11-12H,8-10,18H2,1-3H3,(H,19,22);1H. The zero-order chi connectivity index (χ0) is 17.0. The van der Waals surface area contributed by atoms with Crippen LogP contribution >= 0.6 is 12.4 Å². The van der Waals surface area contributed by atoms with E-state index in [0.29, 0.717) is 30.4 Å². The molecule has 132 valence electrons. The van der Waals surface area contributed by atoms with E-state index in [-0.39, 0.29) is 41.4 Å². The van der Waals surface area contributed by atoms with E-state index in [2.05, 4.69) is 10.4 Å². The van der Waals surface area contributed by atoms with Crippen LogP contribution in [0.5, 0.6) is 0 Å². The highest BCUT2D eigenvalue weighted by Crippen LogP contribution is 2.13. The molecule has 0 saturated carbocycles. The highest BCUT2D eigenvalue weighted by molar-refractivity contribution is 6.04. The Morgan fingerprint density at radius 3 is 2.46 bits per heavy atom. The second kappa shape index (κ2) is 8.80. The maximum Gasteiger partial charge on any atom is 0.274 e. The Bertz CT molecular complexity index is 758. The smallest absolute Gasteiger partial charge is 0.274 e. The SMILES string of the molecule is CC(C)Cn1nc(C(=O)NCC(C)CN)c2ccccc2c1=O.Cl. The normalized spacial score (nSPS) is 12.0. The fourth-order valence-electron chi connectivity index (χ4n) is 2.31. The zero-order valence-corrected chi connectivity index (χ0v) is 15.1. The molecule has 1 aromatic carbocycles. The molecule has 0 aliphatic heterocycles. The molecule has 0 fully saturated rings. The van der Waals surface area contributed by atoms with E-state index >= 15 is 0 Å². The Kier molecular flexibility index (Phi) is 7.38. The molecule has 1 heterocycles. The van der Waals surface area contributed by atoms with E-state index < -0.39 is 0 Å². The van der Waals surface area contributed by atoms with Gasteiger partial charge in [-0.2, -0.15) is 5.10 Å². The van der Waals surface area contributed by atoms with Crippen molar-refractivity contribution in [2.45, 2.75) is 27.3 Å². The number of hydrogen-bond donors (Lipinski definition) is 2. The quantitative estimate of drug-likeness (QED) is 0.829. The lowest BCUT2D eigenvalue weighted by molar-refractivity contribution is 0.0942. The Morgan fingerprint density at radius 2 is 1.88 bits per heavy atom. The first kappa shape index (κ1) is 20.1. The molecule has 24 heavy (non-hydrogen) atoms. The fraction of sp³-hybridized carbons (Fsp3) is 0.471. The van der Waals surface area contributed by atoms with Gasteiger partial charge in [0.1, 0.15) is 0 Å². The molecule has 0 bridgehead atoms. The van der Waals surface area contributed by atoms with Gasteiger partial charge in [-0.1, -0.05) is 39.0 Å². The molecule has 1 aromatic heterocycles. The summed E-state index contributed by atoms with van der Waals surface area (Å²) in [6.07, 6.45) is 0. The van der Waals surface area contributed by atoms with Crippen molar-refractivity contribution in [3.8, 4) is 0 Å². The van der Waals surface area contributed by atoms with Crippen molar-refractivity contribution in [3.05, 3.63) is 40.3 Å². The van der Waals surface area contributed by atoms with Crippen molar-refractivity contribution in [1.29, 1.82) is 0 Å². The highest BCUT2D eigenvalue weighted by atomic mass is 35.5. The van der Waals surface area contributed by atoms with Crippen LogP contribution in [0.4, 0.5) is 0 Å². The maximum absolute atomic E-state index is 12.5. The molecular formula is C17H25ClN4O2. The van der Waals surface area contributed by atoms with Gasteiger partial charge in [0.2, 0.25) is 0 Å². The summed E-state index contributed by atoms with van der Waals surface area (Å²) in [6.45, 7) is 7.43. The molecule has 6 nitrogen and oxygen atoms in total. The van der Waals surface area contributed by atoms with Crippen LogP contribution in [0.3, 0.4) is 0 Å². The first-order valence-corrected chi connectivity index (χ1v) is 7.92. The number of nitrogens with zero attached hydrogens (tertiary/aromatic N) is 2. The molecule has 1 amide bonds. The van der Waals surface area contributed by atoms with Crippen LogP contribution in [0, 0.1) is 11.8 Å². The topological polar surface area (TPSA) is 90.0 Å². The van der Waals surface area contributed by atoms with Crippen LogP contribution in [-0.4, -0.2) is 28.8 Å². The third-order valence-electron chi connectivity index (χ3n) is 3.63. The van der Waals surface area contributed by atoms with Crippen LogP contribution in [0.15, 0.2) is 29.1 Å². The lowest BCUT2D eigenvalue weighted by Crippen LogP contribution is -2.34. The number of fused-ring (bicyclic) bond motifs is 1. The average molecular weight is 353 g/mol. The molecule has 7 heteroatoms. The third kappa shape index (κ3) is 4.55. The van der Waals surface area contributed by atoms with Crippen molar-refractivity contribution in [2.24, 2.45) is 17.6 Å². The highest BCUT2D eigenvalue weighted by Gasteiger charge is 2.17. The number of amides is 1. The number of carbonyl (C=O) groups is 1. The Balaban J connectivity index is 0.00000288. The number of hydrogen-bond acceptors (Lipinski definition) is 4. The number of nitrogens with two attached hydrogens (primary N) is 1. The predicted octanol–water partition coefficient (Wildman–Crippen LogP) is 1.80. The fourth-order valence-corrected chi connectivity index (χ4v) is 2.31. The largest absolute Gasteiger partial charge is 0.350 e. The van der Waals surface area contributed by atoms with E-state index in [1.165, 1.54) is 4.68 Å². The lowest BCUT2D eigenvalue weighted by Gasteiger charge is -2.14. The number of carbonyl (C=O) groups excluding carboxylic acids is 1. The molecule has 1 atom stereocenters. The Hall–Kier alpha value is -1.92. The van der Waals surface area contributed by atoms with E-state index in [1.54, 1.807) is 24.3 Å². The number of benzene rings is 1. The maximum atomic E-state index is 12.5. The summed E-state index contributed by atoms with van der Waals surface area (Å²) in [7, 11) is 0. The van der Waals surface area contributed by atoms with Crippen molar-refractivity contribution < 1.29 is 4.79 Å². The molecule has 0 radical (unpaired) electrons. The van der Waals surface area contributed by atoms with Crippen LogP contribution in [0.2, 0.25) is 0 Å². The van der Waals surface area contributed by atoms with Crippen LogP contribution < -0.4 is 16.6 Å². The van der Waals surface area contributed by atoms with Gasteiger partial charge in [-0.15, -0.1) is 12.4 Å². The minimum atomic E-state index is -0.279. The second-order valence-corrected chi connectivity index (χ2v) is 6.33. The third-order valence-corrected chi connectivity index (χ3v) is 3.63. The Labute approximate surface area is 147 Å². The summed E-state index contributed by atoms with van der Waals surface area (Å²) in [6, 6.07) is 7.08. The van der Waals surface area contributed by atoms with Gasteiger partial charge in [0.05, 0.1) is 5.39 Å². The predicted molar refractivity (Wildman–Crippen MR) is 98.6 cm³/mol. The van der Waals surface area contributed by atoms with Crippen LogP contribution in [0.25, 0.3) is 10.8 Å². The molecular weight excluding hydrogens is 328 g/mol. The molecule has 0 saturated heterocycles. The molecule has 1 unspecified atom stereocenters. The summed E-state index contributed by atoms with van der Waals surface area (Å²) in [4.78, 5) is 25.0. The van der Waals surface area contributed by atoms with Crippen molar-refractivity contribution in [3.63, 3.8) is 0 Å². The lowest BCUT2D eigenvalue weighted by atomic mass is 10.1. The van der Waals surface area contributed by atoms with E-state index in [0.717, 1.165) is 0 Å². The van der Waals surface area contributed by atoms with Gasteiger partial charge >= 0.3 is 0 Å². The number of halogens is 1. The minimum absolute atomic E-state index is 0. The monoisotopic (exact) mass is 352 g/mol. The van der Waals surface area contributed by atoms with Crippen molar-refractivity contribution in [2.75, 3.05) is 13.1 Å². The molecule has 2 aromatic rings. The zero-order valence-electron chi connectivity index (χ0n) is 14.3. The number of nitrogens with one attached hydrogen (secondary N) is 1. The van der Waals surface area contributed by atoms with Gasteiger partial charge in [0.25, 0.3) is 11.5 Å². The molecule has 0 aliphatic rings. The van der Waals surface area contributed by atoms with Crippen LogP contribution in [0.1, 0.15) is 31.3 Å². The van der Waals surface area contributed by atoms with Gasteiger partial charge in [-0.3, -0.25) is 9.59 Å². The summed E-state index contributed by atoms with van der Waals surface area (Å²) >= 11 is 0. The molecule has 2 rings (SSSR count). The minimum Gasteiger partial charge on any atom is -0.350 e. The van der Waals surface area contributed by atoms with E-state index in [4.69, 9.17) is 5.73 Å². The van der Waals surface area contributed by atoms with Gasteiger partial charge in [0, 0.05) is 18.5 Å². The van der Waals surface area contributed by atoms with Crippen molar-refractivity contribution in [1.82, 2.24) is 15.1 Å². The second-order valence-electron chi connectivity index (χ2n) is 6.33. The number of aromatic nitrogens is 2. The number of rotatable bonds is 6. The van der Waals surface area contributed by atoms with Gasteiger partial charge in [0.15, 0.2) is 5.69 Å². The molecule has 0 spiro atoms. The molecule has 3 N–H and O–H groups in total. The van der Waals surface area contributed by atoms with Crippen molar-refractivity contribution >= 4 is 29.1 Å². The summed E-state index contributed by atoms with van der Waals surface area (Å²) in [5.41, 5.74) is 5.69. The first-order chi connectivity index (χ1) is 10.9. The van der Waals surface area contributed by atoms with E-state index in [9.17, 15) is 9.59 Å².